The van der Waals surface area contributed by atoms with E-state index in [4.69, 9.17) is 0 Å². The van der Waals surface area contributed by atoms with Crippen molar-refractivity contribution < 1.29 is 20.1 Å². The lowest BCUT2D eigenvalue weighted by Gasteiger charge is -2.63. The maximum absolute atomic E-state index is 11.2. The quantitative estimate of drug-likeness (QED) is 0.416. The number of aliphatic hydroxyl groups is 2. The van der Waals surface area contributed by atoms with Crippen molar-refractivity contribution in [2.45, 2.75) is 118 Å². The Bertz CT molecular complexity index is 892. The smallest absolute Gasteiger partial charge is 0.330 e. The summed E-state index contributed by atoms with van der Waals surface area (Å²) in [5, 5.41) is 31.1. The standard InChI is InChI=1S/C30H48O4/c1-18(25(33)34)7-8-21(31)19(2)20-11-13-28(6)23-10-9-22-26(3,4)24(32)12-14-29(22)17-30(23,29)16-15-27(20,28)5/h7,19-24,31-32H,8-17H2,1-6H3,(H,33,34)/b18-7-/t19-,20+,21?,22-,23-,24+,27+,28-,29+,30-/m0/s1. The lowest BCUT2D eigenvalue weighted by Crippen LogP contribution is -2.57. The SMILES string of the molecule is C/C(=C/CC(O)[C@@H](C)[C@H]1CC[C@@]2(C)[C@@H]3CC[C@H]4C(C)(C)[C@H](O)CC[C@@]45C[C@@]35CC[C@]12C)C(=O)O. The van der Waals surface area contributed by atoms with Crippen LogP contribution in [0.1, 0.15) is 106 Å². The van der Waals surface area contributed by atoms with Crippen molar-refractivity contribution in [3.05, 3.63) is 11.6 Å². The summed E-state index contributed by atoms with van der Waals surface area (Å²) in [6.07, 6.45) is 12.7. The van der Waals surface area contributed by atoms with Crippen molar-refractivity contribution in [1.29, 1.82) is 0 Å². The van der Waals surface area contributed by atoms with Crippen LogP contribution < -0.4 is 0 Å². The molecule has 5 fully saturated rings. The molecule has 5 aliphatic rings. The first-order valence-electron chi connectivity index (χ1n) is 14.0. The Kier molecular flexibility index (Phi) is 5.52. The van der Waals surface area contributed by atoms with E-state index in [0.29, 0.717) is 40.1 Å². The van der Waals surface area contributed by atoms with E-state index in [9.17, 15) is 20.1 Å². The van der Waals surface area contributed by atoms with Crippen LogP contribution in [0.25, 0.3) is 0 Å². The van der Waals surface area contributed by atoms with E-state index in [1.54, 1.807) is 13.0 Å². The summed E-state index contributed by atoms with van der Waals surface area (Å²) in [4.78, 5) is 11.2. The first-order chi connectivity index (χ1) is 15.8. The van der Waals surface area contributed by atoms with E-state index in [1.807, 2.05) is 0 Å². The van der Waals surface area contributed by atoms with Gasteiger partial charge in [0.2, 0.25) is 0 Å². The minimum absolute atomic E-state index is 0.0345. The minimum atomic E-state index is -0.898. The molecule has 5 saturated carbocycles. The molecule has 34 heavy (non-hydrogen) atoms. The number of aliphatic carboxylic acids is 1. The van der Waals surface area contributed by atoms with Gasteiger partial charge in [-0.25, -0.2) is 4.79 Å². The van der Waals surface area contributed by atoms with Crippen LogP contribution in [0.15, 0.2) is 11.6 Å². The van der Waals surface area contributed by atoms with Gasteiger partial charge in [0.25, 0.3) is 0 Å². The van der Waals surface area contributed by atoms with Gasteiger partial charge in [-0.15, -0.1) is 0 Å². The van der Waals surface area contributed by atoms with Crippen LogP contribution in [0, 0.1) is 50.7 Å². The topological polar surface area (TPSA) is 77.8 Å². The first-order valence-corrected chi connectivity index (χ1v) is 14.0. The van der Waals surface area contributed by atoms with Gasteiger partial charge >= 0.3 is 5.97 Å². The predicted molar refractivity (Wildman–Crippen MR) is 134 cm³/mol. The van der Waals surface area contributed by atoms with Crippen LogP contribution in [-0.2, 0) is 4.79 Å². The van der Waals surface area contributed by atoms with Gasteiger partial charge in [0.05, 0.1) is 12.2 Å². The summed E-state index contributed by atoms with van der Waals surface area (Å²) in [5.41, 5.74) is 1.85. The molecule has 0 amide bonds. The molecule has 1 unspecified atom stereocenters. The molecule has 5 aliphatic carbocycles. The van der Waals surface area contributed by atoms with Crippen molar-refractivity contribution >= 4 is 5.97 Å². The molecule has 192 valence electrons. The zero-order chi connectivity index (χ0) is 24.9. The Labute approximate surface area is 206 Å². The number of hydrogen-bond donors (Lipinski definition) is 3. The fraction of sp³-hybridized carbons (Fsp3) is 0.900. The minimum Gasteiger partial charge on any atom is -0.478 e. The molecule has 4 nitrogen and oxygen atoms in total. The van der Waals surface area contributed by atoms with Crippen molar-refractivity contribution in [3.8, 4) is 0 Å². The van der Waals surface area contributed by atoms with Gasteiger partial charge in [-0.3, -0.25) is 0 Å². The number of carbonyl (C=O) groups is 1. The second-order valence-corrected chi connectivity index (χ2v) is 14.4. The molecule has 0 saturated heterocycles. The molecule has 0 aromatic heterocycles. The highest BCUT2D eigenvalue weighted by Gasteiger charge is 2.82. The molecule has 0 aliphatic heterocycles. The average molecular weight is 473 g/mol. The summed E-state index contributed by atoms with van der Waals surface area (Å²) >= 11 is 0. The highest BCUT2D eigenvalue weighted by Crippen LogP contribution is 2.89. The number of rotatable bonds is 5. The highest BCUT2D eigenvalue weighted by molar-refractivity contribution is 5.85. The molecule has 0 bridgehead atoms. The van der Waals surface area contributed by atoms with Gasteiger partial charge in [0.1, 0.15) is 0 Å². The van der Waals surface area contributed by atoms with E-state index < -0.39 is 12.1 Å². The zero-order valence-corrected chi connectivity index (χ0v) is 22.4. The largest absolute Gasteiger partial charge is 0.478 e. The van der Waals surface area contributed by atoms with Gasteiger partial charge in [-0.2, -0.15) is 0 Å². The molecule has 4 heteroatoms. The zero-order valence-electron chi connectivity index (χ0n) is 22.4. The maximum atomic E-state index is 11.2. The summed E-state index contributed by atoms with van der Waals surface area (Å²) in [7, 11) is 0. The monoisotopic (exact) mass is 472 g/mol. The molecular formula is C30H48O4. The number of fused-ring (bicyclic) bond motifs is 2. The van der Waals surface area contributed by atoms with Crippen molar-refractivity contribution in [1.82, 2.24) is 0 Å². The van der Waals surface area contributed by atoms with Crippen LogP contribution in [-0.4, -0.2) is 33.5 Å². The number of carboxylic acids is 1. The molecule has 2 spiro atoms. The van der Waals surface area contributed by atoms with Crippen LogP contribution in [0.2, 0.25) is 0 Å². The average Bonchev–Trinajstić information content (AvgIpc) is 3.37. The van der Waals surface area contributed by atoms with Crippen molar-refractivity contribution in [2.24, 2.45) is 50.7 Å². The summed E-state index contributed by atoms with van der Waals surface area (Å²) in [5.74, 6) is 1.19. The van der Waals surface area contributed by atoms with E-state index >= 15 is 0 Å². The van der Waals surface area contributed by atoms with E-state index in [1.165, 1.54) is 51.4 Å². The molecule has 0 aromatic rings. The van der Waals surface area contributed by atoms with Crippen LogP contribution >= 0.6 is 0 Å². The summed E-state index contributed by atoms with van der Waals surface area (Å²) in [6, 6.07) is 0. The third kappa shape index (κ3) is 2.93. The van der Waals surface area contributed by atoms with Gasteiger partial charge in [0, 0.05) is 5.57 Å². The lowest BCUT2D eigenvalue weighted by molar-refractivity contribution is -0.163. The fourth-order valence-electron chi connectivity index (χ4n) is 11.1. The number of aliphatic hydroxyl groups excluding tert-OH is 2. The lowest BCUT2D eigenvalue weighted by atomic mass is 9.41. The Balaban J connectivity index is 1.39. The first kappa shape index (κ1) is 24.8. The normalized spacial score (nSPS) is 50.9. The van der Waals surface area contributed by atoms with Crippen molar-refractivity contribution in [2.75, 3.05) is 0 Å². The Morgan fingerprint density at radius 1 is 0.941 bits per heavy atom. The second-order valence-electron chi connectivity index (χ2n) is 14.4. The molecule has 3 N–H and O–H groups in total. The number of carboxylic acid groups (broad SMARTS) is 1. The molecule has 0 aromatic carbocycles. The van der Waals surface area contributed by atoms with Crippen molar-refractivity contribution in [3.63, 3.8) is 0 Å². The van der Waals surface area contributed by atoms with E-state index in [-0.39, 0.29) is 22.9 Å². The summed E-state index contributed by atoms with van der Waals surface area (Å²) in [6.45, 7) is 13.6. The Morgan fingerprint density at radius 3 is 2.26 bits per heavy atom. The van der Waals surface area contributed by atoms with Crippen LogP contribution in [0.3, 0.4) is 0 Å². The Hall–Kier alpha value is -0.870. The summed E-state index contributed by atoms with van der Waals surface area (Å²) < 4.78 is 0. The van der Waals surface area contributed by atoms with E-state index in [0.717, 1.165) is 12.3 Å². The third-order valence-corrected chi connectivity index (χ3v) is 13.4. The molecule has 0 heterocycles. The fourth-order valence-corrected chi connectivity index (χ4v) is 11.1. The maximum Gasteiger partial charge on any atom is 0.330 e. The van der Waals surface area contributed by atoms with Gasteiger partial charge in [-0.1, -0.05) is 40.7 Å². The molecule has 5 rings (SSSR count). The van der Waals surface area contributed by atoms with Crippen LogP contribution in [0.4, 0.5) is 0 Å². The van der Waals surface area contributed by atoms with Gasteiger partial charge in [-0.05, 0) is 122 Å². The molecule has 10 atom stereocenters. The van der Waals surface area contributed by atoms with E-state index in [2.05, 4.69) is 34.6 Å². The Morgan fingerprint density at radius 2 is 1.59 bits per heavy atom. The second kappa shape index (κ2) is 7.57. The predicted octanol–water partition coefficient (Wildman–Crippen LogP) is 6.20. The van der Waals surface area contributed by atoms with Crippen LogP contribution in [0.5, 0.6) is 0 Å². The van der Waals surface area contributed by atoms with Gasteiger partial charge < -0.3 is 15.3 Å². The third-order valence-electron chi connectivity index (χ3n) is 13.4. The van der Waals surface area contributed by atoms with Gasteiger partial charge in [0.15, 0.2) is 0 Å². The number of hydrogen-bond acceptors (Lipinski definition) is 3. The molecular weight excluding hydrogens is 424 g/mol. The molecule has 0 radical (unpaired) electrons. The highest BCUT2D eigenvalue weighted by atomic mass is 16.4.